The Morgan fingerprint density at radius 1 is 1.00 bits per heavy atom. The van der Waals surface area contributed by atoms with Gasteiger partial charge in [-0.05, 0) is 54.8 Å². The average molecular weight is 458 g/mol. The van der Waals surface area contributed by atoms with Crippen LogP contribution in [-0.2, 0) is 6.54 Å². The van der Waals surface area contributed by atoms with Crippen LogP contribution in [0.2, 0.25) is 0 Å². The lowest BCUT2D eigenvalue weighted by molar-refractivity contribution is 0.0930. The second kappa shape index (κ2) is 9.66. The van der Waals surface area contributed by atoms with Crippen molar-refractivity contribution in [2.75, 3.05) is 0 Å². The summed E-state index contributed by atoms with van der Waals surface area (Å²) in [6.45, 7) is 3.43. The van der Waals surface area contributed by atoms with Gasteiger partial charge in [-0.15, -0.1) is 0 Å². The van der Waals surface area contributed by atoms with Gasteiger partial charge >= 0.3 is 5.69 Å². The SMILES string of the molecule is Cc1cccc(-n2nc(C(=O)N[C@@H](C)c3ccccc3)c(=O)n(Cc3cccc(F)c3)c2=O)c1. The van der Waals surface area contributed by atoms with Gasteiger partial charge in [0.1, 0.15) is 5.82 Å². The van der Waals surface area contributed by atoms with Crippen molar-refractivity contribution in [3.05, 3.63) is 128 Å². The Morgan fingerprint density at radius 3 is 2.44 bits per heavy atom. The van der Waals surface area contributed by atoms with Crippen LogP contribution in [0.3, 0.4) is 0 Å². The maximum Gasteiger partial charge on any atom is 0.352 e. The van der Waals surface area contributed by atoms with Crippen LogP contribution in [-0.4, -0.2) is 20.3 Å². The van der Waals surface area contributed by atoms with E-state index in [1.807, 2.05) is 43.3 Å². The molecule has 4 aromatic rings. The second-order valence-electron chi connectivity index (χ2n) is 8.01. The number of hydrogen-bond acceptors (Lipinski definition) is 4. The highest BCUT2D eigenvalue weighted by molar-refractivity contribution is 5.92. The van der Waals surface area contributed by atoms with E-state index in [0.717, 1.165) is 20.4 Å². The highest BCUT2D eigenvalue weighted by Crippen LogP contribution is 2.12. The first-order valence-electron chi connectivity index (χ1n) is 10.7. The number of aryl methyl sites for hydroxylation is 1. The molecule has 1 N–H and O–H groups in total. The Bertz CT molecular complexity index is 1460. The molecule has 0 spiro atoms. The van der Waals surface area contributed by atoms with Gasteiger partial charge in [-0.3, -0.25) is 14.2 Å². The highest BCUT2D eigenvalue weighted by Gasteiger charge is 2.22. The average Bonchev–Trinajstić information content (AvgIpc) is 2.82. The summed E-state index contributed by atoms with van der Waals surface area (Å²) in [6, 6.07) is 21.5. The van der Waals surface area contributed by atoms with Crippen LogP contribution in [0.4, 0.5) is 4.39 Å². The van der Waals surface area contributed by atoms with Gasteiger partial charge in [0.2, 0.25) is 5.69 Å². The van der Waals surface area contributed by atoms with Crippen molar-refractivity contribution in [2.24, 2.45) is 0 Å². The quantitative estimate of drug-likeness (QED) is 0.480. The minimum Gasteiger partial charge on any atom is -0.344 e. The molecule has 0 radical (unpaired) electrons. The van der Waals surface area contributed by atoms with E-state index in [9.17, 15) is 18.8 Å². The minimum absolute atomic E-state index is 0.210. The van der Waals surface area contributed by atoms with Crippen molar-refractivity contribution < 1.29 is 9.18 Å². The summed E-state index contributed by atoms with van der Waals surface area (Å²) < 4.78 is 15.6. The van der Waals surface area contributed by atoms with Crippen molar-refractivity contribution in [3.63, 3.8) is 0 Å². The van der Waals surface area contributed by atoms with Crippen LogP contribution in [0.5, 0.6) is 0 Å². The van der Waals surface area contributed by atoms with Gasteiger partial charge in [-0.2, -0.15) is 9.78 Å². The molecule has 1 amide bonds. The molecule has 0 saturated heterocycles. The fourth-order valence-corrected chi connectivity index (χ4v) is 3.63. The molecule has 1 aromatic heterocycles. The van der Waals surface area contributed by atoms with E-state index in [0.29, 0.717) is 11.3 Å². The van der Waals surface area contributed by atoms with E-state index in [2.05, 4.69) is 10.4 Å². The Morgan fingerprint density at radius 2 is 1.74 bits per heavy atom. The van der Waals surface area contributed by atoms with Gasteiger partial charge in [0.05, 0.1) is 18.3 Å². The maximum atomic E-state index is 13.7. The monoisotopic (exact) mass is 458 g/mol. The van der Waals surface area contributed by atoms with Gasteiger partial charge < -0.3 is 5.32 Å². The number of rotatable bonds is 6. The fraction of sp³-hybridized carbons (Fsp3) is 0.154. The van der Waals surface area contributed by atoms with Crippen LogP contribution in [0.25, 0.3) is 5.69 Å². The molecule has 0 unspecified atom stereocenters. The molecule has 0 aliphatic carbocycles. The molecule has 0 aliphatic rings. The topological polar surface area (TPSA) is 86.0 Å². The summed E-state index contributed by atoms with van der Waals surface area (Å²) in [5.74, 6) is -1.20. The van der Waals surface area contributed by atoms with Crippen LogP contribution in [0.1, 0.15) is 40.1 Å². The van der Waals surface area contributed by atoms with E-state index in [4.69, 9.17) is 0 Å². The van der Waals surface area contributed by atoms with E-state index in [1.165, 1.54) is 18.2 Å². The second-order valence-corrected chi connectivity index (χ2v) is 8.01. The predicted molar refractivity (Wildman–Crippen MR) is 127 cm³/mol. The standard InChI is InChI=1S/C26H23FN4O3/c1-17-8-6-13-22(14-17)31-26(34)30(16-19-9-7-12-21(27)15-19)25(33)23(29-31)24(32)28-18(2)20-10-4-3-5-11-20/h3-15,18H,16H2,1-2H3,(H,28,32)/t18-/m0/s1. The minimum atomic E-state index is -0.851. The third-order valence-electron chi connectivity index (χ3n) is 5.40. The molecular weight excluding hydrogens is 435 g/mol. The molecule has 0 aliphatic heterocycles. The summed E-state index contributed by atoms with van der Waals surface area (Å²) in [6.07, 6.45) is 0. The van der Waals surface area contributed by atoms with Gasteiger partial charge in [-0.1, -0.05) is 54.6 Å². The summed E-state index contributed by atoms with van der Waals surface area (Å²) in [5.41, 5.74) is 0.526. The smallest absolute Gasteiger partial charge is 0.344 e. The maximum absolute atomic E-state index is 13.7. The zero-order chi connectivity index (χ0) is 24.2. The van der Waals surface area contributed by atoms with Crippen LogP contribution in [0.15, 0.2) is 88.5 Å². The Hall–Kier alpha value is -4.33. The Kier molecular flexibility index (Phi) is 6.49. The number of benzene rings is 3. The van der Waals surface area contributed by atoms with Gasteiger partial charge in [0.15, 0.2) is 0 Å². The van der Waals surface area contributed by atoms with Crippen molar-refractivity contribution in [1.29, 1.82) is 0 Å². The lowest BCUT2D eigenvalue weighted by atomic mass is 10.1. The summed E-state index contributed by atoms with van der Waals surface area (Å²) in [4.78, 5) is 39.6. The number of hydrogen-bond donors (Lipinski definition) is 1. The third kappa shape index (κ3) is 4.85. The Labute approximate surface area is 195 Å². The van der Waals surface area contributed by atoms with Crippen molar-refractivity contribution in [3.8, 4) is 5.69 Å². The Balaban J connectivity index is 1.82. The van der Waals surface area contributed by atoms with Crippen molar-refractivity contribution >= 4 is 5.91 Å². The predicted octanol–water partition coefficient (Wildman–Crippen LogP) is 3.38. The van der Waals surface area contributed by atoms with Gasteiger partial charge in [0, 0.05) is 0 Å². The number of carbonyl (C=O) groups excluding carboxylic acids is 1. The molecule has 1 atom stereocenters. The van der Waals surface area contributed by atoms with Crippen LogP contribution < -0.4 is 16.6 Å². The first-order valence-corrected chi connectivity index (χ1v) is 10.7. The number of nitrogens with zero attached hydrogens (tertiary/aromatic N) is 3. The summed E-state index contributed by atoms with van der Waals surface area (Å²) >= 11 is 0. The molecule has 0 saturated carbocycles. The summed E-state index contributed by atoms with van der Waals surface area (Å²) in [7, 11) is 0. The molecule has 4 rings (SSSR count). The van der Waals surface area contributed by atoms with E-state index >= 15 is 0 Å². The number of nitrogens with one attached hydrogen (secondary N) is 1. The molecular formula is C26H23FN4O3. The first kappa shape index (κ1) is 22.8. The molecule has 7 nitrogen and oxygen atoms in total. The molecule has 3 aromatic carbocycles. The fourth-order valence-electron chi connectivity index (χ4n) is 3.63. The van der Waals surface area contributed by atoms with Crippen LogP contribution in [0, 0.1) is 12.7 Å². The van der Waals surface area contributed by atoms with Crippen LogP contribution >= 0.6 is 0 Å². The van der Waals surface area contributed by atoms with E-state index in [-0.39, 0.29) is 6.54 Å². The first-order chi connectivity index (χ1) is 16.3. The van der Waals surface area contributed by atoms with E-state index < -0.39 is 34.7 Å². The number of carbonyl (C=O) groups is 1. The molecule has 1 heterocycles. The lowest BCUT2D eigenvalue weighted by Gasteiger charge is -2.16. The zero-order valence-corrected chi connectivity index (χ0v) is 18.7. The molecule has 34 heavy (non-hydrogen) atoms. The molecule has 172 valence electrons. The number of amides is 1. The van der Waals surface area contributed by atoms with Crippen molar-refractivity contribution in [2.45, 2.75) is 26.4 Å². The molecule has 0 bridgehead atoms. The van der Waals surface area contributed by atoms with Crippen molar-refractivity contribution in [1.82, 2.24) is 19.7 Å². The lowest BCUT2D eigenvalue weighted by Crippen LogP contribution is -2.46. The highest BCUT2D eigenvalue weighted by atomic mass is 19.1. The summed E-state index contributed by atoms with van der Waals surface area (Å²) in [5, 5.41) is 6.91. The number of halogens is 1. The largest absolute Gasteiger partial charge is 0.352 e. The molecule has 0 fully saturated rings. The number of aromatic nitrogens is 3. The third-order valence-corrected chi connectivity index (χ3v) is 5.40. The molecule has 8 heteroatoms. The van der Waals surface area contributed by atoms with Gasteiger partial charge in [-0.25, -0.2) is 9.18 Å². The van der Waals surface area contributed by atoms with E-state index in [1.54, 1.807) is 31.2 Å². The zero-order valence-electron chi connectivity index (χ0n) is 18.7. The normalized spacial score (nSPS) is 11.7. The van der Waals surface area contributed by atoms with Gasteiger partial charge in [0.25, 0.3) is 11.5 Å².